The first-order valence-corrected chi connectivity index (χ1v) is 7.12. The summed E-state index contributed by atoms with van der Waals surface area (Å²) in [6.45, 7) is 3.10. The van der Waals surface area contributed by atoms with Crippen molar-refractivity contribution in [3.8, 4) is 5.75 Å². The first-order valence-electron chi connectivity index (χ1n) is 6.74. The topological polar surface area (TPSA) is 23.5 Å². The van der Waals surface area contributed by atoms with E-state index in [4.69, 9.17) is 11.6 Å². The van der Waals surface area contributed by atoms with Gasteiger partial charge in [-0.15, -0.1) is 0 Å². The minimum atomic E-state index is 0.232. The second-order valence-electron chi connectivity index (χ2n) is 5.58. The van der Waals surface area contributed by atoms with Gasteiger partial charge in [0.15, 0.2) is 0 Å². The van der Waals surface area contributed by atoms with Crippen molar-refractivity contribution in [1.82, 2.24) is 4.90 Å². The van der Waals surface area contributed by atoms with Gasteiger partial charge < -0.3 is 5.11 Å². The Hall–Kier alpha value is -0.730. The highest BCUT2D eigenvalue weighted by atomic mass is 35.5. The Balaban J connectivity index is 1.98. The molecule has 0 spiro atoms. The first-order chi connectivity index (χ1) is 8.58. The maximum Gasteiger partial charge on any atom is 0.138 e. The zero-order valence-electron chi connectivity index (χ0n) is 11.2. The van der Waals surface area contributed by atoms with Gasteiger partial charge in [0.05, 0.1) is 5.02 Å². The molecule has 0 aliphatic heterocycles. The van der Waals surface area contributed by atoms with Gasteiger partial charge in [-0.3, -0.25) is 4.90 Å². The van der Waals surface area contributed by atoms with Crippen LogP contribution in [-0.4, -0.2) is 23.1 Å². The van der Waals surface area contributed by atoms with Crippen molar-refractivity contribution in [1.29, 1.82) is 0 Å². The number of para-hydroxylation sites is 1. The van der Waals surface area contributed by atoms with Crippen molar-refractivity contribution >= 4 is 11.6 Å². The van der Waals surface area contributed by atoms with Crippen LogP contribution in [-0.2, 0) is 6.54 Å². The Morgan fingerprint density at radius 2 is 1.94 bits per heavy atom. The van der Waals surface area contributed by atoms with E-state index < -0.39 is 0 Å². The standard InChI is InChI=1S/C15H22ClNO/c1-11-6-8-13(9-7-11)17(2)10-12-4-3-5-14(16)15(12)18/h3-5,11,13,18H,6-10H2,1-2H3. The van der Waals surface area contributed by atoms with E-state index in [1.807, 2.05) is 12.1 Å². The summed E-state index contributed by atoms with van der Waals surface area (Å²) in [5.41, 5.74) is 0.920. The van der Waals surface area contributed by atoms with Crippen molar-refractivity contribution < 1.29 is 5.11 Å². The number of nitrogens with zero attached hydrogens (tertiary/aromatic N) is 1. The SMILES string of the molecule is CC1CCC(N(C)Cc2cccc(Cl)c2O)CC1. The summed E-state index contributed by atoms with van der Waals surface area (Å²) in [5, 5.41) is 10.4. The molecule has 3 heteroatoms. The molecule has 0 bridgehead atoms. The molecule has 1 aromatic rings. The van der Waals surface area contributed by atoms with Crippen LogP contribution in [0.25, 0.3) is 0 Å². The van der Waals surface area contributed by atoms with Crippen molar-refractivity contribution in [3.05, 3.63) is 28.8 Å². The number of phenolic OH excluding ortho intramolecular Hbond substituents is 1. The molecule has 0 heterocycles. The molecule has 100 valence electrons. The van der Waals surface area contributed by atoms with Crippen LogP contribution >= 0.6 is 11.6 Å². The highest BCUT2D eigenvalue weighted by Crippen LogP contribution is 2.31. The number of aromatic hydroxyl groups is 1. The third kappa shape index (κ3) is 3.18. The van der Waals surface area contributed by atoms with E-state index in [1.165, 1.54) is 25.7 Å². The normalized spacial score (nSPS) is 24.4. The molecule has 0 atom stereocenters. The highest BCUT2D eigenvalue weighted by molar-refractivity contribution is 6.32. The maximum atomic E-state index is 9.93. The van der Waals surface area contributed by atoms with Crippen molar-refractivity contribution in [2.45, 2.75) is 45.2 Å². The Kier molecular flexibility index (Phi) is 4.52. The van der Waals surface area contributed by atoms with Gasteiger partial charge in [-0.2, -0.15) is 0 Å². The Labute approximate surface area is 115 Å². The number of phenols is 1. The summed E-state index contributed by atoms with van der Waals surface area (Å²) in [7, 11) is 2.14. The number of rotatable bonds is 3. The zero-order chi connectivity index (χ0) is 13.1. The minimum Gasteiger partial charge on any atom is -0.506 e. The van der Waals surface area contributed by atoms with Crippen molar-refractivity contribution in [2.75, 3.05) is 7.05 Å². The molecular formula is C15H22ClNO. The van der Waals surface area contributed by atoms with E-state index in [2.05, 4.69) is 18.9 Å². The molecule has 2 rings (SSSR count). The number of hydrogen-bond acceptors (Lipinski definition) is 2. The van der Waals surface area contributed by atoms with E-state index in [0.717, 1.165) is 18.0 Å². The van der Waals surface area contributed by atoms with Crippen LogP contribution in [0, 0.1) is 5.92 Å². The average Bonchev–Trinajstić information content (AvgIpc) is 2.36. The number of halogens is 1. The molecule has 1 fully saturated rings. The fourth-order valence-corrected chi connectivity index (χ4v) is 2.96. The van der Waals surface area contributed by atoms with E-state index in [9.17, 15) is 5.11 Å². The van der Waals surface area contributed by atoms with E-state index >= 15 is 0 Å². The third-order valence-corrected chi connectivity index (χ3v) is 4.40. The predicted octanol–water partition coefficient (Wildman–Crippen LogP) is 4.06. The van der Waals surface area contributed by atoms with Crippen LogP contribution in [0.2, 0.25) is 5.02 Å². The fraction of sp³-hybridized carbons (Fsp3) is 0.600. The van der Waals surface area contributed by atoms with Gasteiger partial charge in [-0.1, -0.05) is 30.7 Å². The van der Waals surface area contributed by atoms with Crippen LogP contribution in [0.5, 0.6) is 5.75 Å². The van der Waals surface area contributed by atoms with Crippen LogP contribution in [0.15, 0.2) is 18.2 Å². The number of benzene rings is 1. The van der Waals surface area contributed by atoms with Crippen LogP contribution in [0.3, 0.4) is 0 Å². The van der Waals surface area contributed by atoms with Gasteiger partial charge in [-0.25, -0.2) is 0 Å². The summed E-state index contributed by atoms with van der Waals surface area (Å²) in [5.74, 6) is 1.10. The van der Waals surface area contributed by atoms with Crippen molar-refractivity contribution in [2.24, 2.45) is 5.92 Å². The summed E-state index contributed by atoms with van der Waals surface area (Å²) < 4.78 is 0. The molecule has 0 unspecified atom stereocenters. The second-order valence-corrected chi connectivity index (χ2v) is 5.98. The Morgan fingerprint density at radius 3 is 2.61 bits per heavy atom. The molecule has 0 amide bonds. The van der Waals surface area contributed by atoms with E-state index in [0.29, 0.717) is 11.1 Å². The molecule has 0 aromatic heterocycles. The second kappa shape index (κ2) is 5.94. The lowest BCUT2D eigenvalue weighted by Crippen LogP contribution is -2.34. The molecule has 1 aliphatic rings. The first kappa shape index (κ1) is 13.7. The molecule has 1 N–H and O–H groups in total. The monoisotopic (exact) mass is 267 g/mol. The van der Waals surface area contributed by atoms with Gasteiger partial charge in [-0.05, 0) is 44.7 Å². The zero-order valence-corrected chi connectivity index (χ0v) is 12.0. The smallest absolute Gasteiger partial charge is 0.138 e. The van der Waals surface area contributed by atoms with E-state index in [1.54, 1.807) is 6.07 Å². The van der Waals surface area contributed by atoms with Crippen LogP contribution in [0.1, 0.15) is 38.2 Å². The molecule has 0 saturated heterocycles. The number of hydrogen-bond donors (Lipinski definition) is 1. The van der Waals surface area contributed by atoms with Gasteiger partial charge in [0, 0.05) is 18.2 Å². The Bertz CT molecular complexity index is 399. The van der Waals surface area contributed by atoms with Crippen molar-refractivity contribution in [3.63, 3.8) is 0 Å². The van der Waals surface area contributed by atoms with Gasteiger partial charge >= 0.3 is 0 Å². The highest BCUT2D eigenvalue weighted by Gasteiger charge is 2.22. The Morgan fingerprint density at radius 1 is 1.28 bits per heavy atom. The third-order valence-electron chi connectivity index (χ3n) is 4.10. The molecule has 1 saturated carbocycles. The van der Waals surface area contributed by atoms with Gasteiger partial charge in [0.25, 0.3) is 0 Å². The van der Waals surface area contributed by atoms with Crippen LogP contribution < -0.4 is 0 Å². The lowest BCUT2D eigenvalue weighted by Gasteiger charge is -2.33. The summed E-state index contributed by atoms with van der Waals surface area (Å²) in [6, 6.07) is 6.21. The lowest BCUT2D eigenvalue weighted by molar-refractivity contribution is 0.162. The predicted molar refractivity (Wildman–Crippen MR) is 76.0 cm³/mol. The fourth-order valence-electron chi connectivity index (χ4n) is 2.77. The summed E-state index contributed by atoms with van der Waals surface area (Å²) >= 11 is 5.93. The minimum absolute atomic E-state index is 0.232. The van der Waals surface area contributed by atoms with Gasteiger partial charge in [0.1, 0.15) is 5.75 Å². The summed E-state index contributed by atoms with van der Waals surface area (Å²) in [4.78, 5) is 2.34. The maximum absolute atomic E-state index is 9.93. The molecule has 18 heavy (non-hydrogen) atoms. The average molecular weight is 268 g/mol. The quantitative estimate of drug-likeness (QED) is 0.893. The lowest BCUT2D eigenvalue weighted by atomic mass is 9.86. The molecule has 1 aliphatic carbocycles. The molecular weight excluding hydrogens is 246 g/mol. The van der Waals surface area contributed by atoms with E-state index in [-0.39, 0.29) is 5.75 Å². The van der Waals surface area contributed by atoms with Crippen LogP contribution in [0.4, 0.5) is 0 Å². The molecule has 2 nitrogen and oxygen atoms in total. The van der Waals surface area contributed by atoms with Gasteiger partial charge in [0.2, 0.25) is 0 Å². The molecule has 1 aromatic carbocycles. The molecule has 0 radical (unpaired) electrons. The largest absolute Gasteiger partial charge is 0.506 e. The summed E-state index contributed by atoms with van der Waals surface area (Å²) in [6.07, 6.45) is 5.16.